The Hall–Kier alpha value is -2.58. The molecule has 3 aromatic rings. The van der Waals surface area contributed by atoms with E-state index in [1.807, 2.05) is 0 Å². The maximum absolute atomic E-state index is 8.44. The summed E-state index contributed by atoms with van der Waals surface area (Å²) in [5, 5.41) is 25.0. The molecule has 10 fully saturated rings. The molecule has 1 spiro atoms. The summed E-state index contributed by atoms with van der Waals surface area (Å²) in [4.78, 5) is 20.7. The van der Waals surface area contributed by atoms with E-state index in [2.05, 4.69) is 72.2 Å². The van der Waals surface area contributed by atoms with Crippen LogP contribution in [-0.4, -0.2) is 37.4 Å². The summed E-state index contributed by atoms with van der Waals surface area (Å²) in [5.74, 6) is 1.00. The van der Waals surface area contributed by atoms with Crippen LogP contribution in [0, 0.1) is 0 Å². The minimum Gasteiger partial charge on any atom is -0.565 e. The van der Waals surface area contributed by atoms with Crippen molar-refractivity contribution in [1.29, 1.82) is 0 Å². The van der Waals surface area contributed by atoms with Crippen molar-refractivity contribution < 1.29 is 30.8 Å². The Kier molecular flexibility index (Phi) is 3.12. The van der Waals surface area contributed by atoms with E-state index in [-0.39, 0.29) is 0 Å². The third-order valence-electron chi connectivity index (χ3n) is 21.5. The molecule has 9 nitrogen and oxygen atoms in total. The summed E-state index contributed by atoms with van der Waals surface area (Å²) in [7, 11) is 0. The first-order valence-corrected chi connectivity index (χ1v) is 25.4. The van der Waals surface area contributed by atoms with Gasteiger partial charge in [0.05, 0.1) is 18.7 Å². The molecular weight excluding hydrogens is 646 g/mol. The third kappa shape index (κ3) is 1.04. The Labute approximate surface area is 273 Å². The molecule has 0 saturated carbocycles. The molecule has 0 aliphatic carbocycles. The number of rotatable bonds is 17. The fourth-order valence-corrected chi connectivity index (χ4v) is 95.5. The minimum atomic E-state index is -3.07. The number of aryl methyl sites for hydroxylation is 1. The molecule has 4 atom stereocenters. The minimum absolute atomic E-state index is 0.436. The molecular formula is C38H53FeN5O4. The van der Waals surface area contributed by atoms with Gasteiger partial charge in [-0.25, -0.2) is 9.13 Å². The molecule has 262 valence electrons. The second-order valence-electron chi connectivity index (χ2n) is 20.0. The van der Waals surface area contributed by atoms with Crippen LogP contribution in [0.15, 0.2) is 30.7 Å². The number of unbranched alkanes of at least 4 members (excludes halogenated alkanes) is 9. The van der Waals surface area contributed by atoms with E-state index in [0.29, 0.717) is 12.1 Å². The summed E-state index contributed by atoms with van der Waals surface area (Å²) < 4.78 is 13.9. The van der Waals surface area contributed by atoms with Gasteiger partial charge in [-0.2, -0.15) is 0 Å². The summed E-state index contributed by atoms with van der Waals surface area (Å²) in [6, 6.07) is 7.49. The van der Waals surface area contributed by atoms with E-state index in [0.717, 1.165) is 29.6 Å². The molecule has 48 heavy (non-hydrogen) atoms. The second-order valence-corrected chi connectivity index (χ2v) is 43.5. The topological polar surface area (TPSA) is 109 Å². The van der Waals surface area contributed by atoms with Crippen LogP contribution in [0.2, 0.25) is 43.3 Å². The number of hydrogen-bond donors (Lipinski definition) is 1. The van der Waals surface area contributed by atoms with Gasteiger partial charge >= 0.3 is 133 Å². The van der Waals surface area contributed by atoms with Gasteiger partial charge in [0.15, 0.2) is 11.0 Å². The fourth-order valence-electron chi connectivity index (χ4n) is 21.6. The van der Waals surface area contributed by atoms with Gasteiger partial charge in [-0.15, -0.1) is 0 Å². The van der Waals surface area contributed by atoms with Gasteiger partial charge in [-0.3, -0.25) is 0 Å². The molecule has 0 bridgehead atoms. The summed E-state index contributed by atoms with van der Waals surface area (Å²) in [6.45, 7) is 7.84. The Morgan fingerprint density at radius 2 is 1.48 bits per heavy atom. The molecule has 4 unspecified atom stereocenters. The van der Waals surface area contributed by atoms with Crippen LogP contribution in [-0.2, 0) is 17.4 Å². The van der Waals surface area contributed by atoms with Crippen molar-refractivity contribution in [1.82, 2.24) is 19.6 Å². The third-order valence-corrected chi connectivity index (χ3v) is 63.9. The van der Waals surface area contributed by atoms with Crippen LogP contribution >= 0.6 is 0 Å². The first kappa shape index (κ1) is 28.2. The number of hydrogen-bond acceptors (Lipinski definition) is 5. The SMILES string of the molecule is CC(C)n1c[n+](C(C)C)c2cc(OCCCCCCCCCCCCn3cc([C]45[CH]6[CH]7[CH]8[CH]4[Fe]786549%10%11[CH]5[CH]4[CH]9[CH]%10[CH]5%11)nn3)ccc21.O=C([O-])O. The molecule has 0 amide bonds. The fraction of sp³-hybridized carbons (Fsp3) is 0.737. The van der Waals surface area contributed by atoms with Crippen molar-refractivity contribution in [3.8, 4) is 5.75 Å². The zero-order valence-electron chi connectivity index (χ0n) is 29.0. The standard InChI is InChI=1S/C32H47N5O.C5H5.CH2O3.Fe/c1-26(2)36-25-37(27(3)4)32-23-29(19-20-31(32)36)38-22-16-12-10-8-6-5-7-9-11-15-21-35-24-30(33-34-35)28-17-13-14-18-28;1-2-4-5-3-1;2-1(3)4;/h13-14,17-20,23-27H,5-12,15-16,21-22H2,1-4H3;1-5H;(H2,2,3,4);/q+1;;;/p-1. The molecule has 10 saturated heterocycles. The van der Waals surface area contributed by atoms with E-state index < -0.39 is 12.7 Å². The molecule has 10 aliphatic heterocycles. The number of ether oxygens (including phenoxy) is 1. The second kappa shape index (κ2) is 5.32. The van der Waals surface area contributed by atoms with Crippen molar-refractivity contribution in [2.24, 2.45) is 0 Å². The maximum atomic E-state index is 8.44. The number of imidazole rings is 1. The van der Waals surface area contributed by atoms with Crippen molar-refractivity contribution in [3.63, 3.8) is 0 Å². The number of benzene rings is 1. The molecule has 1 aromatic carbocycles. The number of nitrogens with zero attached hydrogens (tertiary/aromatic N) is 5. The largest absolute Gasteiger partial charge is 0.565 e. The van der Waals surface area contributed by atoms with E-state index in [9.17, 15) is 0 Å². The van der Waals surface area contributed by atoms with Gasteiger partial charge in [-0.05, 0) is 46.2 Å². The molecule has 10 aliphatic rings. The van der Waals surface area contributed by atoms with E-state index in [4.69, 9.17) is 30.1 Å². The van der Waals surface area contributed by atoms with E-state index in [1.54, 1.807) is 5.69 Å². The number of fused-ring (bicyclic) bond motifs is 11. The molecule has 0 radical (unpaired) electrons. The van der Waals surface area contributed by atoms with Crippen molar-refractivity contribution >= 4 is 17.2 Å². The van der Waals surface area contributed by atoms with Gasteiger partial charge < -0.3 is 19.7 Å². The van der Waals surface area contributed by atoms with Crippen LogP contribution in [0.3, 0.4) is 0 Å². The first-order valence-electron chi connectivity index (χ1n) is 19.1. The van der Waals surface area contributed by atoms with Gasteiger partial charge in [0, 0.05) is 6.07 Å². The summed E-state index contributed by atoms with van der Waals surface area (Å²) >= 11 is 0. The molecule has 2 aromatic heterocycles. The van der Waals surface area contributed by atoms with Crippen molar-refractivity contribution in [2.75, 3.05) is 6.61 Å². The van der Waals surface area contributed by atoms with Crippen LogP contribution in [0.1, 0.15) is 110 Å². The van der Waals surface area contributed by atoms with Gasteiger partial charge in [0.2, 0.25) is 12.5 Å². The van der Waals surface area contributed by atoms with Crippen molar-refractivity contribution in [2.45, 2.75) is 158 Å². The van der Waals surface area contributed by atoms with Gasteiger partial charge in [0.1, 0.15) is 5.75 Å². The van der Waals surface area contributed by atoms with Crippen LogP contribution in [0.4, 0.5) is 4.79 Å². The molecule has 10 heteroatoms. The van der Waals surface area contributed by atoms with Gasteiger partial charge in [-0.1, -0.05) is 12.8 Å². The van der Waals surface area contributed by atoms with Crippen LogP contribution in [0.25, 0.3) is 11.0 Å². The monoisotopic (exact) mass is 699 g/mol. The van der Waals surface area contributed by atoms with E-state index in [1.165, 1.54) is 112 Å². The first-order chi connectivity index (χ1) is 22.9. The number of carbonyl (C=O) groups is 1. The van der Waals surface area contributed by atoms with Crippen LogP contribution < -0.4 is 14.4 Å². The Morgan fingerprint density at radius 3 is 1.98 bits per heavy atom. The predicted molar refractivity (Wildman–Crippen MR) is 178 cm³/mol. The van der Waals surface area contributed by atoms with Crippen molar-refractivity contribution in [3.05, 3.63) is 36.4 Å². The molecule has 1 N–H and O–H groups in total. The van der Waals surface area contributed by atoms with Gasteiger partial charge in [0.25, 0.3) is 0 Å². The Bertz CT molecular complexity index is 2170. The zero-order chi connectivity index (χ0) is 32.9. The molecule has 13 rings (SSSR count). The zero-order valence-corrected chi connectivity index (χ0v) is 30.1. The quantitative estimate of drug-likeness (QED) is 0.0862. The number of aromatic nitrogens is 5. The van der Waals surface area contributed by atoms with E-state index >= 15 is 0 Å². The smallest absolute Gasteiger partial charge is 0.249 e. The summed E-state index contributed by atoms with van der Waals surface area (Å²) in [5.41, 5.74) is 4.12. The predicted octanol–water partition coefficient (Wildman–Crippen LogP) is 8.35. The summed E-state index contributed by atoms with van der Waals surface area (Å²) in [6.07, 6.45) is 16.0. The van der Waals surface area contributed by atoms with Crippen LogP contribution in [0.5, 0.6) is 5.75 Å². The Balaban J connectivity index is 0.000000638. The normalized spacial score (nSPS) is 49.8. The molecule has 12 heterocycles. The number of carboxylic acid groups (broad SMARTS) is 2. The Morgan fingerprint density at radius 1 is 0.917 bits per heavy atom. The average Bonchev–Trinajstić information content (AvgIpc) is 3.87. The maximum Gasteiger partial charge on any atom is 0.249 e. The average molecular weight is 700 g/mol.